The van der Waals surface area contributed by atoms with E-state index in [2.05, 4.69) is 30.5 Å². The Morgan fingerprint density at radius 1 is 0.800 bits per heavy atom. The minimum absolute atomic E-state index is 0.403. The maximum absolute atomic E-state index is 6.21. The van der Waals surface area contributed by atoms with Gasteiger partial charge >= 0.3 is 0 Å². The third-order valence-corrected chi connectivity index (χ3v) is 4.81. The van der Waals surface area contributed by atoms with Gasteiger partial charge in [0.2, 0.25) is 5.95 Å². The lowest BCUT2D eigenvalue weighted by Crippen LogP contribution is -2.00. The molecule has 0 aliphatic rings. The molecule has 7 heteroatoms. The van der Waals surface area contributed by atoms with Gasteiger partial charge in [-0.3, -0.25) is 9.97 Å². The smallest absolute Gasteiger partial charge is 0.244 e. The van der Waals surface area contributed by atoms with E-state index in [1.54, 1.807) is 18.6 Å². The van der Waals surface area contributed by atoms with Gasteiger partial charge in [0.1, 0.15) is 0 Å². The summed E-state index contributed by atoms with van der Waals surface area (Å²) in [6.45, 7) is 0. The largest absolute Gasteiger partial charge is 0.253 e. The molecule has 0 amide bonds. The second kappa shape index (κ2) is 7.85. The van der Waals surface area contributed by atoms with Crippen LogP contribution >= 0.6 is 11.6 Å². The molecule has 5 aromatic rings. The molecule has 30 heavy (non-hydrogen) atoms. The highest BCUT2D eigenvalue weighted by molar-refractivity contribution is 6.31. The molecule has 0 aliphatic carbocycles. The van der Waals surface area contributed by atoms with Gasteiger partial charge in [-0.15, -0.1) is 0 Å². The fraction of sp³-hybridized carbons (Fsp3) is 0. The fourth-order valence-electron chi connectivity index (χ4n) is 3.19. The minimum atomic E-state index is 0.403. The number of nitrogens with one attached hydrogen (secondary N) is 1. The van der Waals surface area contributed by atoms with Gasteiger partial charge in [-0.05, 0) is 35.9 Å². The summed E-state index contributed by atoms with van der Waals surface area (Å²) in [6, 6.07) is 21.3. The van der Waals surface area contributed by atoms with E-state index in [4.69, 9.17) is 11.6 Å². The monoisotopic (exact) mass is 410 g/mol. The van der Waals surface area contributed by atoms with Crippen LogP contribution in [-0.4, -0.2) is 26.2 Å². The molecule has 0 spiro atoms. The SMILES string of the molecule is Clc1ccc2nc(N/N=C/c3ccc4nccnc4c3)nc(-c3ccccc3)c2c1. The Morgan fingerprint density at radius 2 is 1.60 bits per heavy atom. The predicted octanol–water partition coefficient (Wildman–Crippen LogP) is 5.34. The first kappa shape index (κ1) is 18.1. The molecule has 0 saturated heterocycles. The summed E-state index contributed by atoms with van der Waals surface area (Å²) in [5.41, 5.74) is 8.04. The Kier molecular flexibility index (Phi) is 4.75. The number of aromatic nitrogens is 4. The van der Waals surface area contributed by atoms with E-state index in [1.807, 2.05) is 66.7 Å². The summed E-state index contributed by atoms with van der Waals surface area (Å²) in [5.74, 6) is 0.403. The van der Waals surface area contributed by atoms with Gasteiger partial charge in [0.05, 0.1) is 28.5 Å². The van der Waals surface area contributed by atoms with Crippen LogP contribution in [0.3, 0.4) is 0 Å². The topological polar surface area (TPSA) is 76.0 Å². The molecule has 2 aromatic heterocycles. The van der Waals surface area contributed by atoms with Crippen molar-refractivity contribution in [3.8, 4) is 11.3 Å². The van der Waals surface area contributed by atoms with Crippen molar-refractivity contribution in [3.05, 3.63) is 89.7 Å². The maximum Gasteiger partial charge on any atom is 0.244 e. The normalized spacial score (nSPS) is 11.4. The van der Waals surface area contributed by atoms with Gasteiger partial charge in [0.25, 0.3) is 0 Å². The van der Waals surface area contributed by atoms with Crippen molar-refractivity contribution < 1.29 is 0 Å². The molecule has 3 aromatic carbocycles. The highest BCUT2D eigenvalue weighted by Gasteiger charge is 2.10. The van der Waals surface area contributed by atoms with Gasteiger partial charge in [0.15, 0.2) is 0 Å². The Hall–Kier alpha value is -3.90. The second-order valence-corrected chi connectivity index (χ2v) is 7.03. The number of anilines is 1. The quantitative estimate of drug-likeness (QED) is 0.319. The lowest BCUT2D eigenvalue weighted by molar-refractivity contribution is 1.16. The van der Waals surface area contributed by atoms with Crippen molar-refractivity contribution in [2.45, 2.75) is 0 Å². The van der Waals surface area contributed by atoms with Crippen LogP contribution in [0.15, 0.2) is 84.2 Å². The summed E-state index contributed by atoms with van der Waals surface area (Å²) >= 11 is 6.21. The van der Waals surface area contributed by atoms with E-state index in [0.29, 0.717) is 11.0 Å². The predicted molar refractivity (Wildman–Crippen MR) is 121 cm³/mol. The Balaban J connectivity index is 1.49. The molecule has 0 atom stereocenters. The van der Waals surface area contributed by atoms with Crippen molar-refractivity contribution >= 4 is 45.7 Å². The molecule has 0 bridgehead atoms. The van der Waals surface area contributed by atoms with Crippen LogP contribution in [0.25, 0.3) is 33.2 Å². The molecule has 0 saturated carbocycles. The van der Waals surface area contributed by atoms with Gasteiger partial charge in [-0.2, -0.15) is 5.10 Å². The second-order valence-electron chi connectivity index (χ2n) is 6.60. The van der Waals surface area contributed by atoms with E-state index in [1.165, 1.54) is 0 Å². The number of hydrogen-bond donors (Lipinski definition) is 1. The van der Waals surface area contributed by atoms with E-state index >= 15 is 0 Å². The van der Waals surface area contributed by atoms with Crippen molar-refractivity contribution in [1.82, 2.24) is 19.9 Å². The number of nitrogens with zero attached hydrogens (tertiary/aromatic N) is 5. The number of fused-ring (bicyclic) bond motifs is 2. The molecule has 0 fully saturated rings. The maximum atomic E-state index is 6.21. The van der Waals surface area contributed by atoms with Crippen LogP contribution < -0.4 is 5.43 Å². The third kappa shape index (κ3) is 3.68. The van der Waals surface area contributed by atoms with E-state index in [-0.39, 0.29) is 0 Å². The van der Waals surface area contributed by atoms with Crippen molar-refractivity contribution in [2.75, 3.05) is 5.43 Å². The molecular weight excluding hydrogens is 396 g/mol. The molecular formula is C23H15ClN6. The van der Waals surface area contributed by atoms with Gasteiger partial charge in [-0.25, -0.2) is 15.4 Å². The molecule has 5 rings (SSSR count). The summed E-state index contributed by atoms with van der Waals surface area (Å²) in [7, 11) is 0. The first-order chi connectivity index (χ1) is 14.8. The van der Waals surface area contributed by atoms with E-state index < -0.39 is 0 Å². The first-order valence-corrected chi connectivity index (χ1v) is 9.67. The summed E-state index contributed by atoms with van der Waals surface area (Å²) in [4.78, 5) is 17.8. The number of benzene rings is 3. The van der Waals surface area contributed by atoms with Gasteiger partial charge < -0.3 is 0 Å². The summed E-state index contributed by atoms with van der Waals surface area (Å²) in [5, 5.41) is 5.83. The van der Waals surface area contributed by atoms with Gasteiger partial charge in [-0.1, -0.05) is 48.0 Å². The zero-order valence-corrected chi connectivity index (χ0v) is 16.5. The standard InChI is InChI=1S/C23H15ClN6/c24-17-7-9-19-18(13-17)22(16-4-2-1-3-5-16)29-23(28-19)30-27-14-15-6-8-20-21(12-15)26-11-10-25-20/h1-14H,(H,28,29,30)/b27-14+. The van der Waals surface area contributed by atoms with Crippen LogP contribution in [0.1, 0.15) is 5.56 Å². The number of hydrazone groups is 1. The lowest BCUT2D eigenvalue weighted by Gasteiger charge is -2.09. The Labute approximate surface area is 177 Å². The minimum Gasteiger partial charge on any atom is -0.253 e. The van der Waals surface area contributed by atoms with E-state index in [0.717, 1.165) is 38.8 Å². The zero-order chi connectivity index (χ0) is 20.3. The molecule has 0 unspecified atom stereocenters. The molecule has 0 radical (unpaired) electrons. The number of rotatable bonds is 4. The molecule has 0 aliphatic heterocycles. The fourth-order valence-corrected chi connectivity index (χ4v) is 3.36. The average Bonchev–Trinajstić information content (AvgIpc) is 2.79. The third-order valence-electron chi connectivity index (χ3n) is 4.58. The van der Waals surface area contributed by atoms with Crippen molar-refractivity contribution in [3.63, 3.8) is 0 Å². The molecule has 1 N–H and O–H groups in total. The number of halogens is 1. The summed E-state index contributed by atoms with van der Waals surface area (Å²) in [6.07, 6.45) is 5.04. The highest BCUT2D eigenvalue weighted by Crippen LogP contribution is 2.29. The number of hydrogen-bond acceptors (Lipinski definition) is 6. The first-order valence-electron chi connectivity index (χ1n) is 9.29. The Morgan fingerprint density at radius 3 is 2.47 bits per heavy atom. The van der Waals surface area contributed by atoms with Crippen LogP contribution in [-0.2, 0) is 0 Å². The highest BCUT2D eigenvalue weighted by atomic mass is 35.5. The van der Waals surface area contributed by atoms with Crippen LogP contribution in [0.2, 0.25) is 5.02 Å². The van der Waals surface area contributed by atoms with Crippen molar-refractivity contribution in [2.24, 2.45) is 5.10 Å². The molecule has 2 heterocycles. The van der Waals surface area contributed by atoms with Crippen molar-refractivity contribution in [1.29, 1.82) is 0 Å². The Bertz CT molecular complexity index is 1390. The van der Waals surface area contributed by atoms with Crippen LogP contribution in [0.5, 0.6) is 0 Å². The zero-order valence-electron chi connectivity index (χ0n) is 15.7. The van der Waals surface area contributed by atoms with Gasteiger partial charge in [0, 0.05) is 28.4 Å². The average molecular weight is 411 g/mol. The molecule has 144 valence electrons. The van der Waals surface area contributed by atoms with E-state index in [9.17, 15) is 0 Å². The molecule has 6 nitrogen and oxygen atoms in total. The van der Waals surface area contributed by atoms with Crippen LogP contribution in [0.4, 0.5) is 5.95 Å². The lowest BCUT2D eigenvalue weighted by atomic mass is 10.1. The van der Waals surface area contributed by atoms with Crippen LogP contribution in [0, 0.1) is 0 Å². The summed E-state index contributed by atoms with van der Waals surface area (Å²) < 4.78 is 0.